The maximum Gasteiger partial charge on any atom is 0.331 e. The van der Waals surface area contributed by atoms with E-state index in [0.717, 1.165) is 22.3 Å². The first-order chi connectivity index (χ1) is 14.1. The highest BCUT2D eigenvalue weighted by Crippen LogP contribution is 2.56. The second-order valence-electron chi connectivity index (χ2n) is 6.66. The van der Waals surface area contributed by atoms with Gasteiger partial charge in [0.2, 0.25) is 5.82 Å². The van der Waals surface area contributed by atoms with Crippen molar-refractivity contribution in [3.8, 4) is 22.5 Å². The number of hydrogen-bond donors (Lipinski definition) is 2. The number of tetrazole rings is 1. The second-order valence-corrected chi connectivity index (χ2v) is 6.66. The molecule has 0 spiro atoms. The van der Waals surface area contributed by atoms with Gasteiger partial charge in [-0.1, -0.05) is 42.5 Å². The summed E-state index contributed by atoms with van der Waals surface area (Å²) in [4.78, 5) is 14.6. The largest absolute Gasteiger partial charge is 0.331 e. The smallest absolute Gasteiger partial charge is 0.304 e. The van der Waals surface area contributed by atoms with Crippen LogP contribution in [0.15, 0.2) is 60.7 Å². The average molecular weight is 386 g/mol. The van der Waals surface area contributed by atoms with E-state index in [1.165, 1.54) is 17.0 Å². The number of H-pyrrole nitrogens is 1. The lowest BCUT2D eigenvalue weighted by Crippen LogP contribution is -2.38. The van der Waals surface area contributed by atoms with E-state index in [4.69, 9.17) is 0 Å². The average Bonchev–Trinajstić information content (AvgIpc) is 3.23. The Balaban J connectivity index is 1.63. The van der Waals surface area contributed by atoms with Gasteiger partial charge in [0.15, 0.2) is 0 Å². The van der Waals surface area contributed by atoms with Crippen molar-refractivity contribution in [3.63, 3.8) is 0 Å². The Morgan fingerprint density at radius 3 is 2.55 bits per heavy atom. The first-order valence-corrected chi connectivity index (χ1v) is 8.97. The molecule has 29 heavy (non-hydrogen) atoms. The summed E-state index contributed by atoms with van der Waals surface area (Å²) in [7, 11) is 0. The minimum absolute atomic E-state index is 0.118. The van der Waals surface area contributed by atoms with Gasteiger partial charge in [0, 0.05) is 5.56 Å². The van der Waals surface area contributed by atoms with Gasteiger partial charge >= 0.3 is 6.03 Å². The summed E-state index contributed by atoms with van der Waals surface area (Å²) < 4.78 is 14.0. The molecular formula is C21H15FN6O. The molecule has 4 aromatic rings. The SMILES string of the molecule is Cc1cc(-c2ccccc2)c2c(-c3nn[nH]n3)c1N2C(=O)Nc1ccccc1F. The van der Waals surface area contributed by atoms with Crippen molar-refractivity contribution in [2.75, 3.05) is 10.2 Å². The van der Waals surface area contributed by atoms with Gasteiger partial charge in [0.1, 0.15) is 5.82 Å². The summed E-state index contributed by atoms with van der Waals surface area (Å²) >= 11 is 0. The van der Waals surface area contributed by atoms with Crippen molar-refractivity contribution in [2.45, 2.75) is 6.92 Å². The molecule has 2 aliphatic rings. The Kier molecular flexibility index (Phi) is 3.83. The van der Waals surface area contributed by atoms with Crippen molar-refractivity contribution < 1.29 is 9.18 Å². The number of urea groups is 1. The number of nitrogens with one attached hydrogen (secondary N) is 2. The summed E-state index contributed by atoms with van der Waals surface area (Å²) in [5.74, 6) is -0.0887. The molecule has 1 aromatic heterocycles. The van der Waals surface area contributed by atoms with E-state index >= 15 is 0 Å². The van der Waals surface area contributed by atoms with E-state index in [9.17, 15) is 9.18 Å². The number of amides is 2. The highest BCUT2D eigenvalue weighted by Gasteiger charge is 2.40. The number of benzene rings is 3. The van der Waals surface area contributed by atoms with Crippen molar-refractivity contribution in [1.29, 1.82) is 0 Å². The summed E-state index contributed by atoms with van der Waals surface area (Å²) in [6.45, 7) is 1.91. The van der Waals surface area contributed by atoms with Crippen LogP contribution in [0, 0.1) is 12.7 Å². The van der Waals surface area contributed by atoms with Crippen LogP contribution < -0.4 is 10.2 Å². The fourth-order valence-electron chi connectivity index (χ4n) is 3.63. The molecule has 6 rings (SSSR count). The monoisotopic (exact) mass is 386 g/mol. The van der Waals surface area contributed by atoms with E-state index in [-0.39, 0.29) is 5.69 Å². The predicted molar refractivity (Wildman–Crippen MR) is 107 cm³/mol. The lowest BCUT2D eigenvalue weighted by atomic mass is 9.87. The van der Waals surface area contributed by atoms with Gasteiger partial charge in [-0.15, -0.1) is 10.2 Å². The molecule has 2 aliphatic heterocycles. The van der Waals surface area contributed by atoms with Crippen LogP contribution in [-0.4, -0.2) is 26.7 Å². The van der Waals surface area contributed by atoms with Gasteiger partial charge in [-0.25, -0.2) is 9.18 Å². The number of anilines is 3. The van der Waals surface area contributed by atoms with E-state index in [1.807, 2.05) is 43.3 Å². The molecule has 0 saturated heterocycles. The predicted octanol–water partition coefficient (Wildman–Crippen LogP) is 4.66. The molecule has 0 unspecified atom stereocenters. The number of para-hydroxylation sites is 1. The molecule has 7 nitrogen and oxygen atoms in total. The van der Waals surface area contributed by atoms with Gasteiger partial charge in [-0.05, 0) is 41.5 Å². The Bertz CT molecular complexity index is 1220. The lowest BCUT2D eigenvalue weighted by Gasteiger charge is -2.39. The zero-order valence-electron chi connectivity index (χ0n) is 15.3. The van der Waals surface area contributed by atoms with Gasteiger partial charge in [0.05, 0.1) is 22.6 Å². The first kappa shape index (κ1) is 17.1. The summed E-state index contributed by atoms with van der Waals surface area (Å²) in [5, 5.41) is 16.9. The lowest BCUT2D eigenvalue weighted by molar-refractivity contribution is 0.258. The minimum Gasteiger partial charge on any atom is -0.304 e. The van der Waals surface area contributed by atoms with Crippen LogP contribution in [0.25, 0.3) is 22.5 Å². The topological polar surface area (TPSA) is 86.8 Å². The summed E-state index contributed by atoms with van der Waals surface area (Å²) in [5.41, 5.74) is 4.88. The maximum atomic E-state index is 14.0. The molecular weight excluding hydrogens is 371 g/mol. The number of fused-ring (bicyclic) bond motifs is 2. The van der Waals surface area contributed by atoms with Gasteiger partial charge < -0.3 is 5.32 Å². The number of aryl methyl sites for hydroxylation is 1. The van der Waals surface area contributed by atoms with Gasteiger partial charge in [-0.3, -0.25) is 4.90 Å². The fourth-order valence-corrected chi connectivity index (χ4v) is 3.63. The number of aromatic amines is 1. The van der Waals surface area contributed by atoms with Crippen LogP contribution in [0.3, 0.4) is 0 Å². The number of carbonyl (C=O) groups is 1. The van der Waals surface area contributed by atoms with E-state index in [2.05, 4.69) is 25.9 Å². The van der Waals surface area contributed by atoms with Crippen molar-refractivity contribution in [2.24, 2.45) is 0 Å². The van der Waals surface area contributed by atoms with Crippen molar-refractivity contribution in [1.82, 2.24) is 20.6 Å². The summed E-state index contributed by atoms with van der Waals surface area (Å²) in [6.07, 6.45) is 0. The van der Waals surface area contributed by atoms with Gasteiger partial charge in [0.25, 0.3) is 0 Å². The highest BCUT2D eigenvalue weighted by atomic mass is 19.1. The van der Waals surface area contributed by atoms with E-state index in [0.29, 0.717) is 17.2 Å². The zero-order valence-corrected chi connectivity index (χ0v) is 15.3. The molecule has 2 N–H and O–H groups in total. The third-order valence-corrected chi connectivity index (χ3v) is 4.88. The van der Waals surface area contributed by atoms with Crippen LogP contribution in [0.4, 0.5) is 26.2 Å². The van der Waals surface area contributed by atoms with Crippen LogP contribution in [0.1, 0.15) is 5.56 Å². The summed E-state index contributed by atoms with van der Waals surface area (Å²) in [6, 6.07) is 17.4. The Hall–Kier alpha value is -4.07. The molecule has 0 radical (unpaired) electrons. The molecule has 2 bridgehead atoms. The third-order valence-electron chi connectivity index (χ3n) is 4.88. The number of hydrogen-bond acceptors (Lipinski definition) is 4. The third kappa shape index (κ3) is 2.65. The molecule has 0 atom stereocenters. The highest BCUT2D eigenvalue weighted by molar-refractivity contribution is 6.22. The normalized spacial score (nSPS) is 11.9. The second kappa shape index (κ2) is 6.52. The van der Waals surface area contributed by atoms with Crippen molar-refractivity contribution >= 4 is 23.1 Å². The molecule has 0 fully saturated rings. The quantitative estimate of drug-likeness (QED) is 0.536. The molecule has 2 amide bonds. The molecule has 0 aliphatic carbocycles. The number of aromatic nitrogens is 4. The van der Waals surface area contributed by atoms with Crippen LogP contribution in [0.2, 0.25) is 0 Å². The Morgan fingerprint density at radius 2 is 1.83 bits per heavy atom. The molecule has 142 valence electrons. The van der Waals surface area contributed by atoms with Crippen LogP contribution in [0.5, 0.6) is 0 Å². The Labute approximate surface area is 165 Å². The van der Waals surface area contributed by atoms with E-state index in [1.54, 1.807) is 12.1 Å². The van der Waals surface area contributed by atoms with Crippen LogP contribution in [-0.2, 0) is 0 Å². The first-order valence-electron chi connectivity index (χ1n) is 8.97. The van der Waals surface area contributed by atoms with Crippen LogP contribution >= 0.6 is 0 Å². The maximum absolute atomic E-state index is 14.0. The molecule has 3 aromatic carbocycles. The molecule has 0 saturated carbocycles. The number of nitrogens with zero attached hydrogens (tertiary/aromatic N) is 4. The standard InChI is InChI=1S/C21H15FN6O/c1-12-11-14(13-7-3-2-4-8-13)19-17(20-24-26-27-25-20)18(12)28(19)21(29)23-16-10-6-5-9-15(16)22/h2-11H,1H3,(H,23,29)(H,24,25,26,27). The minimum atomic E-state index is -0.497. The zero-order chi connectivity index (χ0) is 20.0. The molecule has 3 heterocycles. The number of carbonyl (C=O) groups excluding carboxylic acids is 1. The molecule has 8 heteroatoms. The van der Waals surface area contributed by atoms with E-state index < -0.39 is 11.8 Å². The number of rotatable bonds is 3. The Morgan fingerprint density at radius 1 is 1.07 bits per heavy atom. The van der Waals surface area contributed by atoms with Crippen molar-refractivity contribution in [3.05, 3.63) is 72.0 Å². The number of halogens is 1. The fraction of sp³-hybridized carbons (Fsp3) is 0.0476. The van der Waals surface area contributed by atoms with Gasteiger partial charge in [-0.2, -0.15) is 5.21 Å².